The average Bonchev–Trinajstić information content (AvgIpc) is 2.37. The van der Waals surface area contributed by atoms with Crippen LogP contribution in [-0.4, -0.2) is 52.3 Å². The largest absolute Gasteiger partial charge is 0.392 e. The first-order valence-corrected chi connectivity index (χ1v) is 7.43. The van der Waals surface area contributed by atoms with Gasteiger partial charge in [0.2, 0.25) is 11.8 Å². The van der Waals surface area contributed by atoms with Gasteiger partial charge >= 0.3 is 0 Å². The molecule has 0 unspecified atom stereocenters. The smallest absolute Gasteiger partial charge is 0.247 e. The lowest BCUT2D eigenvalue weighted by molar-refractivity contribution is -0.161. The summed E-state index contributed by atoms with van der Waals surface area (Å²) in [6, 6.07) is 0. The Kier molecular flexibility index (Phi) is 4.79. The highest BCUT2D eigenvalue weighted by molar-refractivity contribution is 7.80. The minimum atomic E-state index is -0.857. The van der Waals surface area contributed by atoms with Gasteiger partial charge in [0.1, 0.15) is 5.54 Å². The second kappa shape index (κ2) is 5.68. The zero-order valence-electron chi connectivity index (χ0n) is 13.0. The zero-order valence-corrected chi connectivity index (χ0v) is 13.8. The van der Waals surface area contributed by atoms with E-state index in [0.29, 0.717) is 25.9 Å². The molecule has 0 bridgehead atoms. The first-order chi connectivity index (χ1) is 9.15. The van der Waals surface area contributed by atoms with Gasteiger partial charge in [-0.05, 0) is 26.7 Å². The number of hydrogen-bond donors (Lipinski definition) is 1. The number of amides is 2. The van der Waals surface area contributed by atoms with E-state index in [0.717, 1.165) is 0 Å². The minimum Gasteiger partial charge on any atom is -0.392 e. The van der Waals surface area contributed by atoms with Crippen molar-refractivity contribution >= 4 is 29.0 Å². The van der Waals surface area contributed by atoms with Gasteiger partial charge in [0.15, 0.2) is 0 Å². The van der Waals surface area contributed by atoms with E-state index in [1.54, 1.807) is 30.7 Å². The van der Waals surface area contributed by atoms with Crippen molar-refractivity contribution in [2.45, 2.75) is 46.1 Å². The highest BCUT2D eigenvalue weighted by atomic mass is 32.1. The Hall–Kier alpha value is -1.17. The number of thiocarbonyl (C=S) groups is 1. The molecular weight excluding hydrogens is 274 g/mol. The third-order valence-electron chi connectivity index (χ3n) is 4.54. The second-order valence-electron chi connectivity index (χ2n) is 5.90. The monoisotopic (exact) mass is 299 g/mol. The zero-order chi connectivity index (χ0) is 15.7. The topological polar surface area (TPSA) is 66.6 Å². The average molecular weight is 299 g/mol. The molecule has 114 valence electrons. The van der Waals surface area contributed by atoms with Crippen LogP contribution in [-0.2, 0) is 9.59 Å². The maximum Gasteiger partial charge on any atom is 0.247 e. The Morgan fingerprint density at radius 1 is 1.35 bits per heavy atom. The van der Waals surface area contributed by atoms with E-state index in [-0.39, 0.29) is 16.8 Å². The minimum absolute atomic E-state index is 0.0545. The van der Waals surface area contributed by atoms with Crippen molar-refractivity contribution in [1.29, 1.82) is 0 Å². The van der Waals surface area contributed by atoms with Crippen LogP contribution >= 0.6 is 12.2 Å². The first-order valence-electron chi connectivity index (χ1n) is 7.02. The molecule has 0 aromatic heterocycles. The van der Waals surface area contributed by atoms with E-state index in [4.69, 9.17) is 18.0 Å². The fourth-order valence-electron chi connectivity index (χ4n) is 2.83. The molecule has 1 saturated heterocycles. The maximum absolute atomic E-state index is 13.0. The molecule has 2 amide bonds. The van der Waals surface area contributed by atoms with Crippen LogP contribution in [0.4, 0.5) is 0 Å². The molecule has 0 saturated carbocycles. The molecule has 2 N–H and O–H groups in total. The molecule has 20 heavy (non-hydrogen) atoms. The quantitative estimate of drug-likeness (QED) is 0.791. The van der Waals surface area contributed by atoms with E-state index in [2.05, 4.69) is 0 Å². The van der Waals surface area contributed by atoms with Gasteiger partial charge in [0.05, 0.1) is 10.4 Å². The Morgan fingerprint density at radius 2 is 1.85 bits per heavy atom. The van der Waals surface area contributed by atoms with E-state index in [1.807, 2.05) is 13.8 Å². The highest BCUT2D eigenvalue weighted by Crippen LogP contribution is 2.34. The number of nitrogens with zero attached hydrogens (tertiary/aromatic N) is 2. The van der Waals surface area contributed by atoms with Crippen LogP contribution in [0.1, 0.15) is 40.5 Å². The normalized spacial score (nSPS) is 19.1. The van der Waals surface area contributed by atoms with E-state index < -0.39 is 11.0 Å². The Balaban J connectivity index is 3.19. The number of nitrogens with two attached hydrogens (primary N) is 1. The van der Waals surface area contributed by atoms with E-state index in [9.17, 15) is 9.59 Å². The fraction of sp³-hybridized carbons (Fsp3) is 0.786. The summed E-state index contributed by atoms with van der Waals surface area (Å²) in [5, 5.41) is 0. The van der Waals surface area contributed by atoms with Crippen molar-refractivity contribution in [3.8, 4) is 0 Å². The van der Waals surface area contributed by atoms with Crippen molar-refractivity contribution in [3.05, 3.63) is 0 Å². The first kappa shape index (κ1) is 16.9. The molecule has 0 spiro atoms. The molecule has 1 heterocycles. The lowest BCUT2D eigenvalue weighted by Gasteiger charge is -2.48. The molecule has 1 fully saturated rings. The highest BCUT2D eigenvalue weighted by Gasteiger charge is 2.49. The van der Waals surface area contributed by atoms with Crippen LogP contribution in [0.15, 0.2) is 0 Å². The molecular formula is C14H25N3O2S. The van der Waals surface area contributed by atoms with Crippen LogP contribution in [0.5, 0.6) is 0 Å². The predicted octanol–water partition coefficient (Wildman–Crippen LogP) is 1.16. The Morgan fingerprint density at radius 3 is 2.25 bits per heavy atom. The van der Waals surface area contributed by atoms with Crippen LogP contribution in [0.25, 0.3) is 0 Å². The summed E-state index contributed by atoms with van der Waals surface area (Å²) >= 11 is 5.14. The summed E-state index contributed by atoms with van der Waals surface area (Å²) in [4.78, 5) is 28.8. The number of piperazine rings is 1. The third-order valence-corrected chi connectivity index (χ3v) is 4.93. The molecule has 0 aromatic rings. The van der Waals surface area contributed by atoms with Crippen LogP contribution < -0.4 is 5.73 Å². The summed E-state index contributed by atoms with van der Waals surface area (Å²) in [6.45, 7) is 8.42. The van der Waals surface area contributed by atoms with Crippen molar-refractivity contribution in [3.63, 3.8) is 0 Å². The van der Waals surface area contributed by atoms with Gasteiger partial charge < -0.3 is 15.5 Å². The number of carbonyl (C=O) groups excluding carboxylic acids is 2. The van der Waals surface area contributed by atoms with Gasteiger partial charge in [-0.2, -0.15) is 0 Å². The number of rotatable bonds is 4. The third kappa shape index (κ3) is 2.41. The SMILES string of the molecule is CCC(CC)(C(=O)N1CCN(C)C(=O)C1(C)C)C(N)=S. The van der Waals surface area contributed by atoms with Gasteiger partial charge in [-0.3, -0.25) is 9.59 Å². The van der Waals surface area contributed by atoms with Crippen LogP contribution in [0.2, 0.25) is 0 Å². The fourth-order valence-corrected chi connectivity index (χ4v) is 3.21. The standard InChI is InChI=1S/C14H25N3O2S/c1-6-14(7-2,10(15)20)12(19)17-9-8-16(5)11(18)13(17,3)4/h6-9H2,1-5H3,(H2,15,20). The molecule has 0 aliphatic carbocycles. The Labute approximate surface area is 126 Å². The van der Waals surface area contributed by atoms with Gasteiger partial charge in [-0.15, -0.1) is 0 Å². The summed E-state index contributed by atoms with van der Waals surface area (Å²) in [6.07, 6.45) is 1.10. The van der Waals surface area contributed by atoms with E-state index in [1.165, 1.54) is 0 Å². The Bertz CT molecular complexity index is 430. The molecule has 0 aromatic carbocycles. The molecule has 5 nitrogen and oxygen atoms in total. The second-order valence-corrected chi connectivity index (χ2v) is 6.34. The number of carbonyl (C=O) groups is 2. The lowest BCUT2D eigenvalue weighted by Crippen LogP contribution is -2.66. The van der Waals surface area contributed by atoms with E-state index >= 15 is 0 Å². The summed E-state index contributed by atoms with van der Waals surface area (Å²) in [5.41, 5.74) is 4.14. The predicted molar refractivity (Wildman–Crippen MR) is 83.2 cm³/mol. The van der Waals surface area contributed by atoms with Gasteiger partial charge in [0, 0.05) is 20.1 Å². The lowest BCUT2D eigenvalue weighted by atomic mass is 9.79. The van der Waals surface area contributed by atoms with Gasteiger partial charge in [-0.1, -0.05) is 26.1 Å². The summed E-state index contributed by atoms with van der Waals surface area (Å²) in [5.74, 6) is -0.178. The van der Waals surface area contributed by atoms with Crippen molar-refractivity contribution < 1.29 is 9.59 Å². The molecule has 0 atom stereocenters. The van der Waals surface area contributed by atoms with Crippen LogP contribution in [0, 0.1) is 5.41 Å². The van der Waals surface area contributed by atoms with Crippen LogP contribution in [0.3, 0.4) is 0 Å². The molecule has 1 aliphatic rings. The maximum atomic E-state index is 13.0. The molecule has 1 aliphatic heterocycles. The van der Waals surface area contributed by atoms with Crippen molar-refractivity contribution in [2.24, 2.45) is 11.1 Å². The molecule has 0 radical (unpaired) electrons. The number of likely N-dealkylation sites (N-methyl/N-ethyl adjacent to an activating group) is 1. The summed E-state index contributed by atoms with van der Waals surface area (Å²) in [7, 11) is 1.76. The van der Waals surface area contributed by atoms with Crippen molar-refractivity contribution in [1.82, 2.24) is 9.80 Å². The van der Waals surface area contributed by atoms with Gasteiger partial charge in [0.25, 0.3) is 0 Å². The molecule has 1 rings (SSSR count). The van der Waals surface area contributed by atoms with Gasteiger partial charge in [-0.25, -0.2) is 0 Å². The van der Waals surface area contributed by atoms with Crippen molar-refractivity contribution in [2.75, 3.05) is 20.1 Å². The molecule has 6 heteroatoms. The summed E-state index contributed by atoms with van der Waals surface area (Å²) < 4.78 is 0. The number of hydrogen-bond acceptors (Lipinski definition) is 3.